The quantitative estimate of drug-likeness (QED) is 0.413. The van der Waals surface area contributed by atoms with Crippen LogP contribution in [-0.4, -0.2) is 52.3 Å². The van der Waals surface area contributed by atoms with E-state index in [9.17, 15) is 14.7 Å². The first kappa shape index (κ1) is 16.9. The molecule has 0 spiro atoms. The average molecular weight is 341 g/mol. The highest BCUT2D eigenvalue weighted by molar-refractivity contribution is 8.00. The second-order valence-electron chi connectivity index (χ2n) is 7.08. The van der Waals surface area contributed by atoms with Gasteiger partial charge in [-0.3, -0.25) is 4.79 Å². The highest BCUT2D eigenvalue weighted by Gasteiger charge is 2.42. The predicted octanol–water partition coefficient (Wildman–Crippen LogP) is 1.13. The van der Waals surface area contributed by atoms with Crippen LogP contribution in [0, 0.1) is 0 Å². The van der Waals surface area contributed by atoms with Crippen molar-refractivity contribution >= 4 is 23.7 Å². The van der Waals surface area contributed by atoms with E-state index in [2.05, 4.69) is 16.0 Å². The SMILES string of the molecule is O=C(CCCC[C@@H]1SC[C@@H]2NC(=O)N[C@@H]21)NCC1(O)CCCC1. The maximum absolute atomic E-state index is 11.9. The highest BCUT2D eigenvalue weighted by atomic mass is 32.2. The van der Waals surface area contributed by atoms with Crippen LogP contribution in [0.2, 0.25) is 0 Å². The van der Waals surface area contributed by atoms with Crippen LogP contribution in [0.15, 0.2) is 0 Å². The molecule has 0 bridgehead atoms. The van der Waals surface area contributed by atoms with Crippen LogP contribution in [0.3, 0.4) is 0 Å². The number of amides is 3. The van der Waals surface area contributed by atoms with E-state index >= 15 is 0 Å². The molecule has 2 heterocycles. The molecule has 0 aromatic heterocycles. The number of fused-ring (bicyclic) bond motifs is 1. The van der Waals surface area contributed by atoms with Crippen molar-refractivity contribution in [2.75, 3.05) is 12.3 Å². The summed E-state index contributed by atoms with van der Waals surface area (Å²) < 4.78 is 0. The fourth-order valence-corrected chi connectivity index (χ4v) is 5.38. The third kappa shape index (κ3) is 4.32. The Bertz CT molecular complexity index is 454. The lowest BCUT2D eigenvalue weighted by molar-refractivity contribution is -0.122. The summed E-state index contributed by atoms with van der Waals surface area (Å²) in [6.45, 7) is 0.395. The van der Waals surface area contributed by atoms with E-state index in [0.717, 1.165) is 50.7 Å². The molecule has 3 fully saturated rings. The Labute approximate surface area is 141 Å². The highest BCUT2D eigenvalue weighted by Crippen LogP contribution is 2.33. The van der Waals surface area contributed by atoms with Gasteiger partial charge in [0.05, 0.1) is 17.7 Å². The van der Waals surface area contributed by atoms with E-state index < -0.39 is 5.60 Å². The Morgan fingerprint density at radius 2 is 2.09 bits per heavy atom. The molecule has 3 amide bonds. The summed E-state index contributed by atoms with van der Waals surface area (Å²) in [5, 5.41) is 19.5. The number of thioether (sulfide) groups is 1. The molecule has 0 aromatic rings. The van der Waals surface area contributed by atoms with Gasteiger partial charge in [0.2, 0.25) is 5.91 Å². The molecule has 3 aliphatic rings. The predicted molar refractivity (Wildman–Crippen MR) is 90.4 cm³/mol. The van der Waals surface area contributed by atoms with Crippen LogP contribution >= 0.6 is 11.8 Å². The molecule has 2 aliphatic heterocycles. The molecule has 0 unspecified atom stereocenters. The van der Waals surface area contributed by atoms with Crippen LogP contribution in [0.5, 0.6) is 0 Å². The number of unbranched alkanes of at least 4 members (excludes halogenated alkanes) is 1. The minimum absolute atomic E-state index is 0.0399. The molecule has 130 valence electrons. The Balaban J connectivity index is 1.28. The van der Waals surface area contributed by atoms with Gasteiger partial charge in [-0.15, -0.1) is 0 Å². The summed E-state index contributed by atoms with van der Waals surface area (Å²) in [7, 11) is 0. The second kappa shape index (κ2) is 7.30. The van der Waals surface area contributed by atoms with Gasteiger partial charge >= 0.3 is 6.03 Å². The fourth-order valence-electron chi connectivity index (χ4n) is 3.84. The summed E-state index contributed by atoms with van der Waals surface area (Å²) in [5.41, 5.74) is -0.668. The number of hydrogen-bond donors (Lipinski definition) is 4. The lowest BCUT2D eigenvalue weighted by Crippen LogP contribution is -2.40. The van der Waals surface area contributed by atoms with Crippen LogP contribution < -0.4 is 16.0 Å². The Morgan fingerprint density at radius 3 is 2.87 bits per heavy atom. The zero-order valence-corrected chi connectivity index (χ0v) is 14.3. The average Bonchev–Trinajstić information content (AvgIpc) is 3.19. The molecule has 7 heteroatoms. The van der Waals surface area contributed by atoms with Gasteiger partial charge in [-0.05, 0) is 25.7 Å². The van der Waals surface area contributed by atoms with Crippen molar-refractivity contribution in [1.82, 2.24) is 16.0 Å². The molecule has 1 saturated carbocycles. The minimum atomic E-state index is -0.668. The van der Waals surface area contributed by atoms with Crippen molar-refractivity contribution in [1.29, 1.82) is 0 Å². The van der Waals surface area contributed by atoms with Crippen LogP contribution in [-0.2, 0) is 4.79 Å². The monoisotopic (exact) mass is 341 g/mol. The first-order valence-corrected chi connectivity index (χ1v) is 9.78. The van der Waals surface area contributed by atoms with E-state index in [1.165, 1.54) is 0 Å². The third-order valence-electron chi connectivity index (χ3n) is 5.23. The Hall–Kier alpha value is -0.950. The topological polar surface area (TPSA) is 90.5 Å². The van der Waals surface area contributed by atoms with E-state index in [1.807, 2.05) is 11.8 Å². The standard InChI is InChI=1S/C16H27N3O3S/c20-13(17-10-16(22)7-3-4-8-16)6-2-1-5-12-14-11(9-23-12)18-15(21)19-14/h11-12,14,22H,1-10H2,(H,17,20)(H2,18,19,21)/t11-,12-,14-/m0/s1. The number of aliphatic hydroxyl groups is 1. The first-order valence-electron chi connectivity index (χ1n) is 8.73. The molecule has 0 radical (unpaired) electrons. The van der Waals surface area contributed by atoms with E-state index in [1.54, 1.807) is 0 Å². The van der Waals surface area contributed by atoms with Crippen molar-refractivity contribution in [3.63, 3.8) is 0 Å². The van der Waals surface area contributed by atoms with Gasteiger partial charge < -0.3 is 21.1 Å². The fraction of sp³-hybridized carbons (Fsp3) is 0.875. The van der Waals surface area contributed by atoms with Gasteiger partial charge in [0, 0.05) is 24.0 Å². The smallest absolute Gasteiger partial charge is 0.315 e. The molecule has 4 N–H and O–H groups in total. The van der Waals surface area contributed by atoms with Gasteiger partial charge in [-0.1, -0.05) is 19.3 Å². The molecule has 0 aromatic carbocycles. The molecular formula is C16H27N3O3S. The van der Waals surface area contributed by atoms with Crippen LogP contribution in [0.25, 0.3) is 0 Å². The number of urea groups is 1. The van der Waals surface area contributed by atoms with Gasteiger partial charge in [0.25, 0.3) is 0 Å². The molecule has 6 nitrogen and oxygen atoms in total. The van der Waals surface area contributed by atoms with Crippen molar-refractivity contribution < 1.29 is 14.7 Å². The minimum Gasteiger partial charge on any atom is -0.388 e. The van der Waals surface area contributed by atoms with E-state index in [-0.39, 0.29) is 24.0 Å². The van der Waals surface area contributed by atoms with Gasteiger partial charge in [-0.25, -0.2) is 4.79 Å². The number of carbonyl (C=O) groups is 2. The van der Waals surface area contributed by atoms with E-state index in [0.29, 0.717) is 18.2 Å². The molecule has 2 saturated heterocycles. The summed E-state index contributed by atoms with van der Waals surface area (Å²) in [6, 6.07) is 0.473. The van der Waals surface area contributed by atoms with Crippen molar-refractivity contribution in [3.05, 3.63) is 0 Å². The lowest BCUT2D eigenvalue weighted by Gasteiger charge is -2.22. The third-order valence-corrected chi connectivity index (χ3v) is 6.74. The molecule has 3 rings (SSSR count). The van der Waals surface area contributed by atoms with Gasteiger partial charge in [-0.2, -0.15) is 11.8 Å². The zero-order chi connectivity index (χ0) is 16.3. The molecule has 1 aliphatic carbocycles. The Kier molecular flexibility index (Phi) is 5.36. The summed E-state index contributed by atoms with van der Waals surface area (Å²) >= 11 is 1.91. The van der Waals surface area contributed by atoms with Crippen molar-refractivity contribution in [3.8, 4) is 0 Å². The van der Waals surface area contributed by atoms with Gasteiger partial charge in [0.1, 0.15) is 0 Å². The number of carbonyl (C=O) groups excluding carboxylic acids is 2. The largest absolute Gasteiger partial charge is 0.388 e. The number of hydrogen-bond acceptors (Lipinski definition) is 4. The maximum atomic E-state index is 11.9. The summed E-state index contributed by atoms with van der Waals surface area (Å²) in [5.74, 6) is 1.02. The van der Waals surface area contributed by atoms with Crippen molar-refractivity contribution in [2.24, 2.45) is 0 Å². The van der Waals surface area contributed by atoms with Gasteiger partial charge in [0.15, 0.2) is 0 Å². The number of rotatable bonds is 7. The molecular weight excluding hydrogens is 314 g/mol. The summed E-state index contributed by atoms with van der Waals surface area (Å²) in [4.78, 5) is 23.2. The van der Waals surface area contributed by atoms with Crippen molar-refractivity contribution in [2.45, 2.75) is 74.3 Å². The lowest BCUT2D eigenvalue weighted by atomic mass is 10.0. The van der Waals surface area contributed by atoms with Crippen LogP contribution in [0.4, 0.5) is 4.79 Å². The van der Waals surface area contributed by atoms with Crippen LogP contribution in [0.1, 0.15) is 51.4 Å². The first-order chi connectivity index (χ1) is 11.1. The number of nitrogens with one attached hydrogen (secondary N) is 3. The maximum Gasteiger partial charge on any atom is 0.315 e. The van der Waals surface area contributed by atoms with E-state index in [4.69, 9.17) is 0 Å². The molecule has 23 heavy (non-hydrogen) atoms. The zero-order valence-electron chi connectivity index (χ0n) is 13.5. The molecule has 3 atom stereocenters. The summed E-state index contributed by atoms with van der Waals surface area (Å²) in [6.07, 6.45) is 7.12. The second-order valence-corrected chi connectivity index (χ2v) is 8.35. The Morgan fingerprint density at radius 1 is 1.30 bits per heavy atom. The normalized spacial score (nSPS) is 31.5.